The van der Waals surface area contributed by atoms with Crippen LogP contribution in [-0.4, -0.2) is 48.0 Å². The van der Waals surface area contributed by atoms with E-state index in [9.17, 15) is 10.2 Å². The van der Waals surface area contributed by atoms with Gasteiger partial charge in [0.15, 0.2) is 6.61 Å². The van der Waals surface area contributed by atoms with Crippen LogP contribution in [0.5, 0.6) is 0 Å². The Bertz CT molecular complexity index is 244. The topological polar surface area (TPSA) is 71.3 Å². The van der Waals surface area contributed by atoms with Crippen molar-refractivity contribution in [1.29, 1.82) is 0 Å². The van der Waals surface area contributed by atoms with Gasteiger partial charge in [0, 0.05) is 7.11 Å². The van der Waals surface area contributed by atoms with Crippen molar-refractivity contribution in [3.63, 3.8) is 0 Å². The fourth-order valence-corrected chi connectivity index (χ4v) is 0.881. The van der Waals surface area contributed by atoms with Gasteiger partial charge in [-0.05, 0) is 13.8 Å². The summed E-state index contributed by atoms with van der Waals surface area (Å²) in [5, 5.41) is 22.4. The third kappa shape index (κ3) is 4.79. The number of nitrogens with zero attached hydrogens (tertiary/aromatic N) is 1. The van der Waals surface area contributed by atoms with Crippen LogP contribution in [0.2, 0.25) is 0 Å². The van der Waals surface area contributed by atoms with Gasteiger partial charge in [0.1, 0.15) is 11.8 Å². The largest absolute Gasteiger partial charge is 0.390 e. The molecule has 0 radical (unpaired) electrons. The number of terminal acetylenes is 1. The second kappa shape index (κ2) is 7.23. The molecule has 0 unspecified atom stereocenters. The smallest absolute Gasteiger partial charge is 0.177 e. The summed E-state index contributed by atoms with van der Waals surface area (Å²) < 4.78 is 4.98. The highest BCUT2D eigenvalue weighted by atomic mass is 16.6. The Kier molecular flexibility index (Phi) is 6.71. The zero-order chi connectivity index (χ0) is 11.8. The van der Waals surface area contributed by atoms with Crippen molar-refractivity contribution in [2.45, 2.75) is 32.2 Å². The molecule has 0 fully saturated rings. The van der Waals surface area contributed by atoms with E-state index in [1.165, 1.54) is 14.0 Å². The van der Waals surface area contributed by atoms with Gasteiger partial charge < -0.3 is 19.8 Å². The Labute approximate surface area is 89.7 Å². The van der Waals surface area contributed by atoms with E-state index in [0.29, 0.717) is 0 Å². The van der Waals surface area contributed by atoms with Crippen molar-refractivity contribution in [1.82, 2.24) is 0 Å². The van der Waals surface area contributed by atoms with Crippen LogP contribution >= 0.6 is 0 Å². The van der Waals surface area contributed by atoms with E-state index in [1.807, 2.05) is 0 Å². The highest BCUT2D eigenvalue weighted by Gasteiger charge is 2.24. The number of methoxy groups -OCH3 is 1. The van der Waals surface area contributed by atoms with E-state index in [4.69, 9.17) is 16.0 Å². The molecular weight excluding hydrogens is 198 g/mol. The maximum absolute atomic E-state index is 9.59. The lowest BCUT2D eigenvalue weighted by Gasteiger charge is -2.19. The lowest BCUT2D eigenvalue weighted by Crippen LogP contribution is -2.39. The Morgan fingerprint density at radius 3 is 2.47 bits per heavy atom. The molecule has 0 aliphatic carbocycles. The van der Waals surface area contributed by atoms with Crippen LogP contribution in [0, 0.1) is 12.3 Å². The molecule has 0 rings (SSSR count). The van der Waals surface area contributed by atoms with Gasteiger partial charge in [-0.15, -0.1) is 6.42 Å². The van der Waals surface area contributed by atoms with Gasteiger partial charge in [-0.2, -0.15) is 0 Å². The van der Waals surface area contributed by atoms with Crippen molar-refractivity contribution in [3.8, 4) is 12.3 Å². The van der Waals surface area contributed by atoms with Crippen LogP contribution in [0.25, 0.3) is 0 Å². The van der Waals surface area contributed by atoms with Crippen LogP contribution in [0.15, 0.2) is 5.16 Å². The SMILES string of the molecule is C#CCO/N=C(/[C@H](C)OC)[C@@H](O)[C@@H](C)O. The molecule has 0 spiro atoms. The Morgan fingerprint density at radius 1 is 1.47 bits per heavy atom. The van der Waals surface area contributed by atoms with Crippen molar-refractivity contribution in [3.05, 3.63) is 0 Å². The molecule has 0 bridgehead atoms. The van der Waals surface area contributed by atoms with Crippen LogP contribution < -0.4 is 0 Å². The zero-order valence-electron chi connectivity index (χ0n) is 9.17. The summed E-state index contributed by atoms with van der Waals surface area (Å²) in [7, 11) is 1.47. The molecule has 3 atom stereocenters. The molecule has 0 saturated heterocycles. The molecule has 0 saturated carbocycles. The molecule has 86 valence electrons. The van der Waals surface area contributed by atoms with Gasteiger partial charge in [-0.25, -0.2) is 0 Å². The first-order chi connectivity index (χ1) is 7.04. The number of oxime groups is 1. The van der Waals surface area contributed by atoms with Crippen LogP contribution in [-0.2, 0) is 9.57 Å². The standard InChI is InChI=1S/C10H17NO4/c1-5-6-15-11-9(8(3)14-4)10(13)7(2)12/h1,7-8,10,12-13H,6H2,2-4H3/b11-9-/t7-,8+,10+/m1/s1. The molecule has 0 aromatic carbocycles. The lowest BCUT2D eigenvalue weighted by atomic mass is 10.1. The predicted octanol–water partition coefficient (Wildman–Crippen LogP) is -0.231. The van der Waals surface area contributed by atoms with Crippen molar-refractivity contribution >= 4 is 5.71 Å². The van der Waals surface area contributed by atoms with E-state index in [1.54, 1.807) is 6.92 Å². The summed E-state index contributed by atoms with van der Waals surface area (Å²) in [4.78, 5) is 4.74. The average molecular weight is 215 g/mol. The molecule has 5 nitrogen and oxygen atoms in total. The molecule has 15 heavy (non-hydrogen) atoms. The fraction of sp³-hybridized carbons (Fsp3) is 0.700. The van der Waals surface area contributed by atoms with Gasteiger partial charge in [0.25, 0.3) is 0 Å². The summed E-state index contributed by atoms with van der Waals surface area (Å²) in [6.07, 6.45) is 2.44. The number of ether oxygens (including phenoxy) is 1. The monoisotopic (exact) mass is 215 g/mol. The third-order valence-electron chi connectivity index (χ3n) is 1.85. The number of hydrogen-bond donors (Lipinski definition) is 2. The Hall–Kier alpha value is -1.09. The van der Waals surface area contributed by atoms with Gasteiger partial charge >= 0.3 is 0 Å². The number of aliphatic hydroxyl groups is 2. The zero-order valence-corrected chi connectivity index (χ0v) is 9.17. The van der Waals surface area contributed by atoms with Crippen molar-refractivity contribution in [2.24, 2.45) is 5.16 Å². The molecule has 0 aromatic heterocycles. The maximum Gasteiger partial charge on any atom is 0.177 e. The van der Waals surface area contributed by atoms with E-state index in [0.717, 1.165) is 0 Å². The molecule has 2 N–H and O–H groups in total. The van der Waals surface area contributed by atoms with Gasteiger partial charge in [0.05, 0.1) is 12.2 Å². The van der Waals surface area contributed by atoms with Crippen LogP contribution in [0.3, 0.4) is 0 Å². The highest BCUT2D eigenvalue weighted by Crippen LogP contribution is 2.04. The first-order valence-corrected chi connectivity index (χ1v) is 4.56. The molecule has 0 aliphatic rings. The second-order valence-corrected chi connectivity index (χ2v) is 3.06. The third-order valence-corrected chi connectivity index (χ3v) is 1.85. The average Bonchev–Trinajstić information content (AvgIpc) is 2.22. The lowest BCUT2D eigenvalue weighted by molar-refractivity contribution is 0.0560. The highest BCUT2D eigenvalue weighted by molar-refractivity contribution is 5.92. The predicted molar refractivity (Wildman–Crippen MR) is 56.4 cm³/mol. The molecule has 0 aliphatic heterocycles. The minimum Gasteiger partial charge on any atom is -0.390 e. The maximum atomic E-state index is 9.59. The van der Waals surface area contributed by atoms with Gasteiger partial charge in [-0.1, -0.05) is 11.1 Å². The van der Waals surface area contributed by atoms with Crippen molar-refractivity contribution < 1.29 is 19.8 Å². The normalized spacial score (nSPS) is 17.7. The summed E-state index contributed by atoms with van der Waals surface area (Å²) in [6, 6.07) is 0. The fourth-order valence-electron chi connectivity index (χ4n) is 0.881. The minimum atomic E-state index is -1.13. The number of aliphatic hydroxyl groups excluding tert-OH is 2. The van der Waals surface area contributed by atoms with E-state index >= 15 is 0 Å². The summed E-state index contributed by atoms with van der Waals surface area (Å²) in [5.74, 6) is 2.23. The first-order valence-electron chi connectivity index (χ1n) is 4.56. The molecular formula is C10H17NO4. The second-order valence-electron chi connectivity index (χ2n) is 3.06. The quantitative estimate of drug-likeness (QED) is 0.278. The summed E-state index contributed by atoms with van der Waals surface area (Å²) in [5.41, 5.74) is 0.211. The van der Waals surface area contributed by atoms with Gasteiger partial charge in [-0.3, -0.25) is 0 Å². The Morgan fingerprint density at radius 2 is 2.07 bits per heavy atom. The molecule has 0 heterocycles. The summed E-state index contributed by atoms with van der Waals surface area (Å²) >= 11 is 0. The van der Waals surface area contributed by atoms with E-state index in [2.05, 4.69) is 11.1 Å². The van der Waals surface area contributed by atoms with E-state index in [-0.39, 0.29) is 12.3 Å². The Balaban J connectivity index is 4.58. The minimum absolute atomic E-state index is 0.00641. The number of hydrogen-bond acceptors (Lipinski definition) is 5. The van der Waals surface area contributed by atoms with Crippen LogP contribution in [0.1, 0.15) is 13.8 Å². The van der Waals surface area contributed by atoms with Gasteiger partial charge in [0.2, 0.25) is 0 Å². The molecule has 0 aromatic rings. The first kappa shape index (κ1) is 13.9. The molecule has 5 heteroatoms. The summed E-state index contributed by atoms with van der Waals surface area (Å²) in [6.45, 7) is 3.14. The van der Waals surface area contributed by atoms with Crippen LogP contribution in [0.4, 0.5) is 0 Å². The van der Waals surface area contributed by atoms with E-state index < -0.39 is 18.3 Å². The van der Waals surface area contributed by atoms with Crippen molar-refractivity contribution in [2.75, 3.05) is 13.7 Å². The number of rotatable bonds is 6. The molecule has 0 amide bonds.